The molecule has 5 nitrogen and oxygen atoms in total. The molecule has 2 aliphatic rings. The van der Waals surface area contributed by atoms with E-state index >= 15 is 0 Å². The number of carbonyl (C=O) groups excluding carboxylic acids is 1. The lowest BCUT2D eigenvalue weighted by Gasteiger charge is -2.36. The smallest absolute Gasteiger partial charge is 0.245 e. The Morgan fingerprint density at radius 1 is 1.48 bits per heavy atom. The van der Waals surface area contributed by atoms with Crippen LogP contribution in [0.2, 0.25) is 0 Å². The average molecular weight is 285 g/mol. The Bertz CT molecular complexity index is 590. The van der Waals surface area contributed by atoms with Crippen molar-refractivity contribution in [3.05, 3.63) is 29.3 Å². The lowest BCUT2D eigenvalue weighted by molar-refractivity contribution is -0.124. The fourth-order valence-corrected chi connectivity index (χ4v) is 2.62. The van der Waals surface area contributed by atoms with Crippen LogP contribution in [0.25, 0.3) is 0 Å². The van der Waals surface area contributed by atoms with Gasteiger partial charge in [0.2, 0.25) is 5.91 Å². The molecule has 110 valence electrons. The van der Waals surface area contributed by atoms with Gasteiger partial charge in [0.05, 0.1) is 24.5 Å². The van der Waals surface area contributed by atoms with Crippen molar-refractivity contribution in [2.45, 2.75) is 31.8 Å². The van der Waals surface area contributed by atoms with Crippen LogP contribution in [0.4, 0.5) is 5.69 Å². The van der Waals surface area contributed by atoms with Gasteiger partial charge in [0.15, 0.2) is 0 Å². The number of amides is 1. The quantitative estimate of drug-likeness (QED) is 0.910. The van der Waals surface area contributed by atoms with Crippen LogP contribution in [0.3, 0.4) is 0 Å². The third kappa shape index (κ3) is 3.01. The van der Waals surface area contributed by atoms with Crippen molar-refractivity contribution in [2.75, 3.05) is 24.7 Å². The normalized spacial score (nSPS) is 21.7. The van der Waals surface area contributed by atoms with Crippen LogP contribution in [0.1, 0.15) is 24.0 Å². The number of hydrogen-bond acceptors (Lipinski definition) is 4. The number of nitrogens with one attached hydrogen (secondary N) is 1. The maximum Gasteiger partial charge on any atom is 0.245 e. The topological polar surface area (TPSA) is 65.4 Å². The van der Waals surface area contributed by atoms with Crippen molar-refractivity contribution < 1.29 is 9.53 Å². The van der Waals surface area contributed by atoms with E-state index in [0.29, 0.717) is 31.4 Å². The largest absolute Gasteiger partial charge is 0.377 e. The summed E-state index contributed by atoms with van der Waals surface area (Å²) >= 11 is 0. The monoisotopic (exact) mass is 285 g/mol. The van der Waals surface area contributed by atoms with Crippen LogP contribution >= 0.6 is 0 Å². The fraction of sp³-hybridized carbons (Fsp3) is 0.500. The number of nitriles is 1. The van der Waals surface area contributed by atoms with Gasteiger partial charge in [0.1, 0.15) is 12.1 Å². The molecule has 0 spiro atoms. The zero-order chi connectivity index (χ0) is 14.8. The number of benzene rings is 1. The summed E-state index contributed by atoms with van der Waals surface area (Å²) in [5.41, 5.74) is 2.48. The summed E-state index contributed by atoms with van der Waals surface area (Å²) in [6.45, 7) is 3.53. The minimum atomic E-state index is -0.353. The van der Waals surface area contributed by atoms with E-state index in [2.05, 4.69) is 11.4 Å². The minimum absolute atomic E-state index is 0.00154. The summed E-state index contributed by atoms with van der Waals surface area (Å²) in [6.07, 6.45) is 2.13. The Labute approximate surface area is 124 Å². The standard InChI is InChI=1S/C16H19N3O2/c1-11-2-5-14(12(8-11)9-17)19-6-7-21-10-15(19)16(20)18-13-3-4-13/h2,5,8,13,15H,3-4,6-7,10H2,1H3,(H,18,20). The molecular weight excluding hydrogens is 266 g/mol. The summed E-state index contributed by atoms with van der Waals surface area (Å²) in [7, 11) is 0. The maximum absolute atomic E-state index is 12.4. The van der Waals surface area contributed by atoms with Crippen LogP contribution in [0, 0.1) is 18.3 Å². The van der Waals surface area contributed by atoms with Crippen molar-refractivity contribution in [1.29, 1.82) is 5.26 Å². The molecular formula is C16H19N3O2. The van der Waals surface area contributed by atoms with Gasteiger partial charge < -0.3 is 15.0 Å². The molecule has 5 heteroatoms. The van der Waals surface area contributed by atoms with Crippen molar-refractivity contribution in [3.8, 4) is 6.07 Å². The highest BCUT2D eigenvalue weighted by Gasteiger charge is 2.34. The Morgan fingerprint density at radius 3 is 3.00 bits per heavy atom. The molecule has 0 bridgehead atoms. The summed E-state index contributed by atoms with van der Waals surface area (Å²) in [4.78, 5) is 14.4. The summed E-state index contributed by atoms with van der Waals surface area (Å²) in [6, 6.07) is 7.97. The van der Waals surface area contributed by atoms with Gasteiger partial charge >= 0.3 is 0 Å². The molecule has 1 heterocycles. The van der Waals surface area contributed by atoms with Crippen LogP contribution in [-0.4, -0.2) is 37.7 Å². The number of ether oxygens (including phenoxy) is 1. The summed E-state index contributed by atoms with van der Waals surface area (Å²) < 4.78 is 5.47. The second-order valence-electron chi connectivity index (χ2n) is 5.70. The number of morpholine rings is 1. The number of nitrogens with zero attached hydrogens (tertiary/aromatic N) is 2. The van der Waals surface area contributed by atoms with E-state index in [1.54, 1.807) is 0 Å². The first-order chi connectivity index (χ1) is 10.2. The van der Waals surface area contributed by atoms with Gasteiger partial charge in [0, 0.05) is 12.6 Å². The number of carbonyl (C=O) groups is 1. The van der Waals surface area contributed by atoms with Gasteiger partial charge in [-0.15, -0.1) is 0 Å². The van der Waals surface area contributed by atoms with Gasteiger partial charge in [-0.25, -0.2) is 0 Å². The van der Waals surface area contributed by atoms with Crippen LogP contribution in [0.15, 0.2) is 18.2 Å². The molecule has 1 aliphatic heterocycles. The highest BCUT2D eigenvalue weighted by Crippen LogP contribution is 2.26. The lowest BCUT2D eigenvalue weighted by Crippen LogP contribution is -2.54. The Balaban J connectivity index is 1.86. The van der Waals surface area contributed by atoms with Crippen LogP contribution in [0.5, 0.6) is 0 Å². The highest BCUT2D eigenvalue weighted by molar-refractivity contribution is 5.86. The average Bonchev–Trinajstić information content (AvgIpc) is 3.31. The van der Waals surface area contributed by atoms with Crippen LogP contribution < -0.4 is 10.2 Å². The first kappa shape index (κ1) is 13.9. The predicted octanol–water partition coefficient (Wildman–Crippen LogP) is 1.35. The fourth-order valence-electron chi connectivity index (χ4n) is 2.62. The van der Waals surface area contributed by atoms with E-state index in [4.69, 9.17) is 4.74 Å². The lowest BCUT2D eigenvalue weighted by atomic mass is 10.1. The van der Waals surface area contributed by atoms with E-state index in [9.17, 15) is 10.1 Å². The molecule has 1 amide bonds. The molecule has 2 fully saturated rings. The second kappa shape index (κ2) is 5.74. The minimum Gasteiger partial charge on any atom is -0.377 e. The second-order valence-corrected chi connectivity index (χ2v) is 5.70. The van der Waals surface area contributed by atoms with Crippen molar-refractivity contribution >= 4 is 11.6 Å². The van der Waals surface area contributed by atoms with E-state index < -0.39 is 0 Å². The molecule has 1 N–H and O–H groups in total. The zero-order valence-corrected chi connectivity index (χ0v) is 12.1. The Hall–Kier alpha value is -2.06. The molecule has 1 atom stereocenters. The molecule has 0 radical (unpaired) electrons. The summed E-state index contributed by atoms with van der Waals surface area (Å²) in [5, 5.41) is 12.4. The first-order valence-corrected chi connectivity index (χ1v) is 7.34. The van der Waals surface area contributed by atoms with Gasteiger partial charge in [-0.1, -0.05) is 6.07 Å². The van der Waals surface area contributed by atoms with E-state index in [1.165, 1.54) is 0 Å². The van der Waals surface area contributed by atoms with Gasteiger partial charge in [-0.2, -0.15) is 5.26 Å². The third-order valence-corrected chi connectivity index (χ3v) is 3.94. The van der Waals surface area contributed by atoms with Gasteiger partial charge in [-0.05, 0) is 37.5 Å². The number of rotatable bonds is 3. The Morgan fingerprint density at radius 2 is 2.29 bits per heavy atom. The SMILES string of the molecule is Cc1ccc(N2CCOCC2C(=O)NC2CC2)c(C#N)c1. The van der Waals surface area contributed by atoms with E-state index in [-0.39, 0.29) is 11.9 Å². The number of aryl methyl sites for hydroxylation is 1. The van der Waals surface area contributed by atoms with Crippen molar-refractivity contribution in [3.63, 3.8) is 0 Å². The third-order valence-electron chi connectivity index (χ3n) is 3.94. The van der Waals surface area contributed by atoms with E-state index in [1.807, 2.05) is 30.0 Å². The summed E-state index contributed by atoms with van der Waals surface area (Å²) in [5.74, 6) is 0.00154. The molecule has 1 unspecified atom stereocenters. The predicted molar refractivity (Wildman–Crippen MR) is 79.0 cm³/mol. The maximum atomic E-state index is 12.4. The molecule has 21 heavy (non-hydrogen) atoms. The number of anilines is 1. The molecule has 1 aliphatic carbocycles. The Kier molecular flexibility index (Phi) is 3.80. The van der Waals surface area contributed by atoms with E-state index in [0.717, 1.165) is 24.1 Å². The number of hydrogen-bond donors (Lipinski definition) is 1. The first-order valence-electron chi connectivity index (χ1n) is 7.34. The zero-order valence-electron chi connectivity index (χ0n) is 12.1. The van der Waals surface area contributed by atoms with Crippen molar-refractivity contribution in [1.82, 2.24) is 5.32 Å². The molecule has 0 aromatic heterocycles. The van der Waals surface area contributed by atoms with Gasteiger partial charge in [-0.3, -0.25) is 4.79 Å². The molecule has 1 aromatic rings. The van der Waals surface area contributed by atoms with Crippen molar-refractivity contribution in [2.24, 2.45) is 0 Å². The molecule has 1 aromatic carbocycles. The molecule has 1 saturated carbocycles. The van der Waals surface area contributed by atoms with Gasteiger partial charge in [0.25, 0.3) is 0 Å². The molecule has 1 saturated heterocycles. The van der Waals surface area contributed by atoms with Crippen LogP contribution in [-0.2, 0) is 9.53 Å². The highest BCUT2D eigenvalue weighted by atomic mass is 16.5. The molecule has 3 rings (SSSR count).